The zero-order chi connectivity index (χ0) is 13.6. The average molecular weight is 258 g/mol. The number of nitrogens with one attached hydrogen (secondary N) is 1. The number of fused-ring (bicyclic) bond motifs is 1. The van der Waals surface area contributed by atoms with E-state index in [1.807, 2.05) is 12.3 Å². The predicted molar refractivity (Wildman–Crippen MR) is 72.5 cm³/mol. The van der Waals surface area contributed by atoms with Crippen LogP contribution in [0.5, 0.6) is 0 Å². The summed E-state index contributed by atoms with van der Waals surface area (Å²) in [7, 11) is 0. The van der Waals surface area contributed by atoms with E-state index in [4.69, 9.17) is 10.2 Å². The highest BCUT2D eigenvalue weighted by Gasteiger charge is 2.10. The van der Waals surface area contributed by atoms with Gasteiger partial charge in [0, 0.05) is 12.3 Å². The predicted octanol–water partition coefficient (Wildman–Crippen LogP) is 2.01. The van der Waals surface area contributed by atoms with Crippen molar-refractivity contribution in [3.8, 4) is 5.69 Å². The number of nitrogen functional groups attached to an aromatic ring is 1. The van der Waals surface area contributed by atoms with Gasteiger partial charge in [-0.15, -0.1) is 0 Å². The summed E-state index contributed by atoms with van der Waals surface area (Å²) in [6, 6.07) is 5.33. The summed E-state index contributed by atoms with van der Waals surface area (Å²) >= 11 is 0. The molecule has 0 saturated heterocycles. The first-order chi connectivity index (χ1) is 9.04. The standard InChI is InChI=1S/C13H14N4O2/c1-7(2)9-3-4-17(16-9)11-6-10-12(5-8(11)14)19-13(18)15-10/h3-7H,14H2,1-2H3,(H,15,18). The zero-order valence-corrected chi connectivity index (χ0v) is 10.7. The minimum atomic E-state index is -0.491. The van der Waals surface area contributed by atoms with Crippen molar-refractivity contribution in [2.75, 3.05) is 5.73 Å². The van der Waals surface area contributed by atoms with Crippen LogP contribution in [0.4, 0.5) is 5.69 Å². The molecule has 0 saturated carbocycles. The molecule has 0 atom stereocenters. The Balaban J connectivity index is 2.17. The summed E-state index contributed by atoms with van der Waals surface area (Å²) in [6.07, 6.45) is 1.85. The second-order valence-electron chi connectivity index (χ2n) is 4.76. The summed E-state index contributed by atoms with van der Waals surface area (Å²) in [5, 5.41) is 4.47. The molecular weight excluding hydrogens is 244 g/mol. The molecule has 0 aliphatic carbocycles. The van der Waals surface area contributed by atoms with Crippen LogP contribution in [-0.4, -0.2) is 14.8 Å². The lowest BCUT2D eigenvalue weighted by Crippen LogP contribution is -2.01. The number of anilines is 1. The van der Waals surface area contributed by atoms with E-state index in [1.54, 1.807) is 16.8 Å². The molecule has 3 aromatic rings. The maximum atomic E-state index is 11.2. The van der Waals surface area contributed by atoms with Gasteiger partial charge in [0.2, 0.25) is 0 Å². The fourth-order valence-corrected chi connectivity index (χ4v) is 1.98. The molecule has 0 amide bonds. The molecule has 0 aliphatic rings. The van der Waals surface area contributed by atoms with Crippen molar-refractivity contribution in [2.24, 2.45) is 0 Å². The summed E-state index contributed by atoms with van der Waals surface area (Å²) < 4.78 is 6.67. The van der Waals surface area contributed by atoms with Crippen molar-refractivity contribution in [2.45, 2.75) is 19.8 Å². The molecule has 98 valence electrons. The van der Waals surface area contributed by atoms with E-state index < -0.39 is 5.76 Å². The SMILES string of the molecule is CC(C)c1ccn(-c2cc3[nH]c(=O)oc3cc2N)n1. The lowest BCUT2D eigenvalue weighted by Gasteiger charge is -2.05. The molecule has 2 aromatic heterocycles. The van der Waals surface area contributed by atoms with Crippen molar-refractivity contribution in [3.63, 3.8) is 0 Å². The third kappa shape index (κ3) is 1.91. The minimum absolute atomic E-state index is 0.347. The van der Waals surface area contributed by atoms with Crippen LogP contribution in [0.2, 0.25) is 0 Å². The van der Waals surface area contributed by atoms with Gasteiger partial charge in [0.25, 0.3) is 0 Å². The number of H-pyrrole nitrogens is 1. The van der Waals surface area contributed by atoms with Crippen LogP contribution < -0.4 is 11.5 Å². The summed E-state index contributed by atoms with van der Waals surface area (Å²) in [5.41, 5.74) is 9.24. The van der Waals surface area contributed by atoms with Gasteiger partial charge in [-0.1, -0.05) is 13.8 Å². The van der Waals surface area contributed by atoms with E-state index in [-0.39, 0.29) is 0 Å². The molecule has 6 nitrogen and oxygen atoms in total. The maximum Gasteiger partial charge on any atom is 0.417 e. The van der Waals surface area contributed by atoms with Gasteiger partial charge in [-0.2, -0.15) is 5.10 Å². The zero-order valence-electron chi connectivity index (χ0n) is 10.7. The number of benzene rings is 1. The average Bonchev–Trinajstić information content (AvgIpc) is 2.92. The highest BCUT2D eigenvalue weighted by Crippen LogP contribution is 2.23. The van der Waals surface area contributed by atoms with Crippen LogP contribution in [-0.2, 0) is 0 Å². The normalized spacial score (nSPS) is 11.5. The maximum absolute atomic E-state index is 11.2. The van der Waals surface area contributed by atoms with Crippen LogP contribution in [0.1, 0.15) is 25.5 Å². The number of aromatic nitrogens is 3. The van der Waals surface area contributed by atoms with Gasteiger partial charge in [-0.3, -0.25) is 4.98 Å². The van der Waals surface area contributed by atoms with E-state index in [0.717, 1.165) is 11.4 Å². The Morgan fingerprint density at radius 1 is 1.42 bits per heavy atom. The number of nitrogens with two attached hydrogens (primary N) is 1. The van der Waals surface area contributed by atoms with Crippen molar-refractivity contribution >= 4 is 16.8 Å². The highest BCUT2D eigenvalue weighted by atomic mass is 16.4. The molecule has 0 unspecified atom stereocenters. The Morgan fingerprint density at radius 2 is 2.21 bits per heavy atom. The van der Waals surface area contributed by atoms with Crippen LogP contribution in [0.15, 0.2) is 33.6 Å². The minimum Gasteiger partial charge on any atom is -0.408 e. The van der Waals surface area contributed by atoms with Gasteiger partial charge in [-0.25, -0.2) is 9.48 Å². The van der Waals surface area contributed by atoms with E-state index in [9.17, 15) is 4.79 Å². The summed E-state index contributed by atoms with van der Waals surface area (Å²) in [4.78, 5) is 13.8. The second kappa shape index (κ2) is 4.01. The third-order valence-electron chi connectivity index (χ3n) is 3.02. The lowest BCUT2D eigenvalue weighted by molar-refractivity contribution is 0.555. The molecule has 2 heterocycles. The van der Waals surface area contributed by atoms with E-state index >= 15 is 0 Å². The van der Waals surface area contributed by atoms with Crippen LogP contribution >= 0.6 is 0 Å². The third-order valence-corrected chi connectivity index (χ3v) is 3.02. The van der Waals surface area contributed by atoms with E-state index in [1.165, 1.54) is 0 Å². The second-order valence-corrected chi connectivity index (χ2v) is 4.76. The lowest BCUT2D eigenvalue weighted by atomic mass is 10.1. The number of aromatic amines is 1. The molecule has 6 heteroatoms. The topological polar surface area (TPSA) is 89.8 Å². The first-order valence-electron chi connectivity index (χ1n) is 6.03. The van der Waals surface area contributed by atoms with Crippen LogP contribution in [0.25, 0.3) is 16.8 Å². The Hall–Kier alpha value is -2.50. The number of hydrogen-bond acceptors (Lipinski definition) is 4. The highest BCUT2D eigenvalue weighted by molar-refractivity contribution is 5.81. The van der Waals surface area contributed by atoms with Gasteiger partial charge in [-0.05, 0) is 18.1 Å². The monoisotopic (exact) mass is 258 g/mol. The van der Waals surface area contributed by atoms with E-state index in [2.05, 4.69) is 23.9 Å². The summed E-state index contributed by atoms with van der Waals surface area (Å²) in [5.74, 6) is -0.144. The molecule has 0 fully saturated rings. The van der Waals surface area contributed by atoms with Crippen molar-refractivity contribution < 1.29 is 4.42 Å². The molecule has 19 heavy (non-hydrogen) atoms. The Kier molecular flexibility index (Phi) is 2.45. The molecule has 0 spiro atoms. The van der Waals surface area contributed by atoms with Crippen molar-refractivity contribution in [1.29, 1.82) is 0 Å². The first kappa shape index (κ1) is 11.6. The van der Waals surface area contributed by atoms with Gasteiger partial charge >= 0.3 is 5.76 Å². The molecule has 0 radical (unpaired) electrons. The molecular formula is C13H14N4O2. The fraction of sp³-hybridized carbons (Fsp3) is 0.231. The Morgan fingerprint density at radius 3 is 2.89 bits per heavy atom. The van der Waals surface area contributed by atoms with Crippen molar-refractivity contribution in [3.05, 3.63) is 40.6 Å². The molecule has 0 bridgehead atoms. The largest absolute Gasteiger partial charge is 0.417 e. The molecule has 3 rings (SSSR count). The van der Waals surface area contributed by atoms with Gasteiger partial charge in [0.05, 0.1) is 22.6 Å². The first-order valence-corrected chi connectivity index (χ1v) is 6.03. The van der Waals surface area contributed by atoms with Gasteiger partial charge < -0.3 is 10.2 Å². The number of oxazole rings is 1. The molecule has 0 aliphatic heterocycles. The van der Waals surface area contributed by atoms with Gasteiger partial charge in [0.1, 0.15) is 0 Å². The molecule has 1 aromatic carbocycles. The van der Waals surface area contributed by atoms with E-state index in [0.29, 0.717) is 22.7 Å². The molecule has 3 N–H and O–H groups in total. The Bertz CT molecular complexity index is 794. The fourth-order valence-electron chi connectivity index (χ4n) is 1.98. The number of hydrogen-bond donors (Lipinski definition) is 2. The van der Waals surface area contributed by atoms with Crippen LogP contribution in [0, 0.1) is 0 Å². The van der Waals surface area contributed by atoms with Crippen molar-refractivity contribution in [1.82, 2.24) is 14.8 Å². The van der Waals surface area contributed by atoms with Gasteiger partial charge in [0.15, 0.2) is 5.58 Å². The Labute approximate surface area is 108 Å². The summed E-state index contributed by atoms with van der Waals surface area (Å²) in [6.45, 7) is 4.15. The number of rotatable bonds is 2. The van der Waals surface area contributed by atoms with Crippen LogP contribution in [0.3, 0.4) is 0 Å². The number of nitrogens with zero attached hydrogens (tertiary/aromatic N) is 2. The smallest absolute Gasteiger partial charge is 0.408 e. The quantitative estimate of drug-likeness (QED) is 0.688.